The molecule has 1 rings (SSSR count). The third-order valence-corrected chi connectivity index (χ3v) is 4.15. The molecule has 1 atom stereocenters. The third-order valence-electron chi connectivity index (χ3n) is 1.83. The standard InChI is InChI=1S/C9H14N4O3S2/c1-5(14)10-6(7(15)16)4-17-9-12-11-8(18-9)13(2)3/h6H,4H2,1-3H3,(H,10,14)(H,15,16). The van der Waals surface area contributed by atoms with Gasteiger partial charge in [0.2, 0.25) is 11.0 Å². The molecule has 1 amide bonds. The molecule has 0 aliphatic heterocycles. The van der Waals surface area contributed by atoms with Gasteiger partial charge in [0.25, 0.3) is 0 Å². The molecule has 1 unspecified atom stereocenters. The lowest BCUT2D eigenvalue weighted by Gasteiger charge is -2.11. The predicted molar refractivity (Wildman–Crippen MR) is 70.2 cm³/mol. The normalized spacial score (nSPS) is 11.9. The summed E-state index contributed by atoms with van der Waals surface area (Å²) < 4.78 is 0.676. The molecule has 1 aromatic heterocycles. The number of carboxylic acids is 1. The molecule has 0 saturated heterocycles. The van der Waals surface area contributed by atoms with Crippen molar-refractivity contribution in [3.05, 3.63) is 0 Å². The van der Waals surface area contributed by atoms with Gasteiger partial charge in [-0.2, -0.15) is 0 Å². The van der Waals surface area contributed by atoms with Crippen molar-refractivity contribution in [3.63, 3.8) is 0 Å². The molecule has 18 heavy (non-hydrogen) atoms. The van der Waals surface area contributed by atoms with Crippen molar-refractivity contribution >= 4 is 40.1 Å². The first-order valence-electron chi connectivity index (χ1n) is 5.03. The number of hydrogen-bond donors (Lipinski definition) is 2. The van der Waals surface area contributed by atoms with Gasteiger partial charge in [0.1, 0.15) is 6.04 Å². The van der Waals surface area contributed by atoms with Crippen LogP contribution in [-0.4, -0.2) is 53.1 Å². The summed E-state index contributed by atoms with van der Waals surface area (Å²) in [6, 6.07) is -0.917. The topological polar surface area (TPSA) is 95.4 Å². The second-order valence-electron chi connectivity index (χ2n) is 3.65. The molecule has 0 bridgehead atoms. The largest absolute Gasteiger partial charge is 0.480 e. The van der Waals surface area contributed by atoms with Crippen LogP contribution in [0, 0.1) is 0 Å². The molecule has 0 saturated carbocycles. The molecule has 100 valence electrons. The predicted octanol–water partition coefficient (Wildman–Crippen LogP) is 0.285. The van der Waals surface area contributed by atoms with Crippen molar-refractivity contribution in [2.75, 3.05) is 24.7 Å². The fraction of sp³-hybridized carbons (Fsp3) is 0.556. The number of thioether (sulfide) groups is 1. The van der Waals surface area contributed by atoms with Crippen LogP contribution in [0.5, 0.6) is 0 Å². The van der Waals surface area contributed by atoms with Gasteiger partial charge in [0, 0.05) is 26.8 Å². The summed E-state index contributed by atoms with van der Waals surface area (Å²) in [5, 5.41) is 19.9. The van der Waals surface area contributed by atoms with Gasteiger partial charge < -0.3 is 15.3 Å². The van der Waals surface area contributed by atoms with Crippen molar-refractivity contribution in [2.45, 2.75) is 17.3 Å². The number of rotatable bonds is 6. The molecule has 0 radical (unpaired) electrons. The van der Waals surface area contributed by atoms with Crippen molar-refractivity contribution < 1.29 is 14.7 Å². The van der Waals surface area contributed by atoms with Crippen LogP contribution >= 0.6 is 23.1 Å². The molecule has 7 nitrogen and oxygen atoms in total. The Morgan fingerprint density at radius 1 is 1.50 bits per heavy atom. The minimum Gasteiger partial charge on any atom is -0.480 e. The van der Waals surface area contributed by atoms with Crippen molar-refractivity contribution in [2.24, 2.45) is 0 Å². The maximum absolute atomic E-state index is 10.9. The molecule has 9 heteroatoms. The molecule has 2 N–H and O–H groups in total. The van der Waals surface area contributed by atoms with E-state index in [0.717, 1.165) is 5.13 Å². The van der Waals surface area contributed by atoms with Gasteiger partial charge in [0.05, 0.1) is 0 Å². The van der Waals surface area contributed by atoms with Crippen molar-refractivity contribution in [1.82, 2.24) is 15.5 Å². The van der Waals surface area contributed by atoms with Gasteiger partial charge in [-0.15, -0.1) is 10.2 Å². The van der Waals surface area contributed by atoms with Gasteiger partial charge in [-0.3, -0.25) is 4.79 Å². The van der Waals surface area contributed by atoms with Crippen molar-refractivity contribution in [1.29, 1.82) is 0 Å². The highest BCUT2D eigenvalue weighted by atomic mass is 32.2. The van der Waals surface area contributed by atoms with E-state index in [1.165, 1.54) is 30.0 Å². The quantitative estimate of drug-likeness (QED) is 0.727. The highest BCUT2D eigenvalue weighted by Crippen LogP contribution is 2.27. The molecular weight excluding hydrogens is 276 g/mol. The number of amides is 1. The Labute approximate surface area is 113 Å². The maximum atomic E-state index is 10.9. The van der Waals surface area contributed by atoms with Crippen LogP contribution in [0.4, 0.5) is 5.13 Å². The van der Waals surface area contributed by atoms with Gasteiger partial charge >= 0.3 is 5.97 Å². The second-order valence-corrected chi connectivity index (χ2v) is 5.87. The van der Waals surface area contributed by atoms with E-state index >= 15 is 0 Å². The lowest BCUT2D eigenvalue weighted by Crippen LogP contribution is -2.41. The highest BCUT2D eigenvalue weighted by Gasteiger charge is 2.19. The summed E-state index contributed by atoms with van der Waals surface area (Å²) in [6.07, 6.45) is 0. The summed E-state index contributed by atoms with van der Waals surface area (Å²) in [7, 11) is 3.71. The fourth-order valence-electron chi connectivity index (χ4n) is 1.02. The van der Waals surface area contributed by atoms with Crippen LogP contribution in [0.2, 0.25) is 0 Å². The average Bonchev–Trinajstić information content (AvgIpc) is 2.72. The van der Waals surface area contributed by atoms with Gasteiger partial charge in [-0.25, -0.2) is 4.79 Å². The Kier molecular flexibility index (Phi) is 5.35. The van der Waals surface area contributed by atoms with E-state index in [1.54, 1.807) is 0 Å². The number of nitrogens with zero attached hydrogens (tertiary/aromatic N) is 3. The SMILES string of the molecule is CC(=O)NC(CSc1nnc(N(C)C)s1)C(=O)O. The number of anilines is 1. The number of nitrogens with one attached hydrogen (secondary N) is 1. The smallest absolute Gasteiger partial charge is 0.327 e. The summed E-state index contributed by atoms with van der Waals surface area (Å²) in [4.78, 5) is 23.6. The molecule has 0 aliphatic carbocycles. The Morgan fingerprint density at radius 3 is 2.61 bits per heavy atom. The molecule has 1 aromatic rings. The lowest BCUT2D eigenvalue weighted by atomic mass is 10.3. The van der Waals surface area contributed by atoms with Crippen LogP contribution in [0.3, 0.4) is 0 Å². The highest BCUT2D eigenvalue weighted by molar-refractivity contribution is 8.01. The van der Waals surface area contributed by atoms with E-state index in [-0.39, 0.29) is 11.7 Å². The van der Waals surface area contributed by atoms with Crippen LogP contribution in [0.15, 0.2) is 4.34 Å². The monoisotopic (exact) mass is 290 g/mol. The van der Waals surface area contributed by atoms with E-state index < -0.39 is 12.0 Å². The molecule has 0 aliphatic rings. The zero-order valence-corrected chi connectivity index (χ0v) is 11.8. The molecule has 1 heterocycles. The summed E-state index contributed by atoms with van der Waals surface area (Å²) in [5.74, 6) is -1.21. The van der Waals surface area contributed by atoms with Gasteiger partial charge in [0.15, 0.2) is 4.34 Å². The zero-order chi connectivity index (χ0) is 13.7. The number of carbonyl (C=O) groups excluding carboxylic acids is 1. The minimum absolute atomic E-state index is 0.219. The maximum Gasteiger partial charge on any atom is 0.327 e. The first kappa shape index (κ1) is 14.7. The van der Waals surface area contributed by atoms with Gasteiger partial charge in [-0.1, -0.05) is 23.1 Å². The van der Waals surface area contributed by atoms with Crippen LogP contribution in [0.25, 0.3) is 0 Å². The first-order chi connectivity index (χ1) is 8.40. The Hall–Kier alpha value is -1.35. The van der Waals surface area contributed by atoms with Gasteiger partial charge in [-0.05, 0) is 0 Å². The Bertz CT molecular complexity index is 435. The molecule has 0 spiro atoms. The zero-order valence-electron chi connectivity index (χ0n) is 10.2. The lowest BCUT2D eigenvalue weighted by molar-refractivity contribution is -0.140. The molecule has 0 fully saturated rings. The average molecular weight is 290 g/mol. The minimum atomic E-state index is -1.06. The van der Waals surface area contributed by atoms with Crippen LogP contribution < -0.4 is 10.2 Å². The Balaban J connectivity index is 2.55. The van der Waals surface area contributed by atoms with E-state index in [0.29, 0.717) is 4.34 Å². The summed E-state index contributed by atoms with van der Waals surface area (Å²) in [6.45, 7) is 1.29. The second kappa shape index (κ2) is 6.55. The van der Waals surface area contributed by atoms with E-state index in [4.69, 9.17) is 5.11 Å². The van der Waals surface area contributed by atoms with E-state index in [9.17, 15) is 9.59 Å². The number of carbonyl (C=O) groups is 2. The van der Waals surface area contributed by atoms with Crippen LogP contribution in [0.1, 0.15) is 6.92 Å². The number of carboxylic acid groups (broad SMARTS) is 1. The number of aliphatic carboxylic acids is 1. The molecule has 0 aromatic carbocycles. The summed E-state index contributed by atoms with van der Waals surface area (Å²) >= 11 is 2.63. The van der Waals surface area contributed by atoms with E-state index in [1.807, 2.05) is 19.0 Å². The number of aromatic nitrogens is 2. The van der Waals surface area contributed by atoms with Crippen molar-refractivity contribution in [3.8, 4) is 0 Å². The summed E-state index contributed by atoms with van der Waals surface area (Å²) in [5.41, 5.74) is 0. The third kappa shape index (κ3) is 4.49. The fourth-order valence-corrected chi connectivity index (χ4v) is 2.82. The van der Waals surface area contributed by atoms with E-state index in [2.05, 4.69) is 15.5 Å². The van der Waals surface area contributed by atoms with Crippen LogP contribution in [-0.2, 0) is 9.59 Å². The Morgan fingerprint density at radius 2 is 2.17 bits per heavy atom. The number of hydrogen-bond acceptors (Lipinski definition) is 7. The first-order valence-corrected chi connectivity index (χ1v) is 6.84. The molecular formula is C9H14N4O3S2.